The number of aliphatic hydroxyl groups excluding tert-OH is 1. The maximum absolute atomic E-state index is 12.6. The van der Waals surface area contributed by atoms with Crippen LogP contribution in [0.2, 0.25) is 0 Å². The van der Waals surface area contributed by atoms with Gasteiger partial charge in [0.05, 0.1) is 23.5 Å². The molecule has 144 valence electrons. The van der Waals surface area contributed by atoms with Crippen LogP contribution in [0.3, 0.4) is 0 Å². The summed E-state index contributed by atoms with van der Waals surface area (Å²) in [5.74, 6) is -0.279. The quantitative estimate of drug-likeness (QED) is 0.313. The van der Waals surface area contributed by atoms with Gasteiger partial charge in [0.2, 0.25) is 5.91 Å². The summed E-state index contributed by atoms with van der Waals surface area (Å²) in [5, 5.41) is 19.8. The predicted molar refractivity (Wildman–Crippen MR) is 98.5 cm³/mol. The van der Waals surface area contributed by atoms with E-state index in [1.54, 1.807) is 0 Å². The van der Waals surface area contributed by atoms with Crippen molar-refractivity contribution in [1.82, 2.24) is 4.90 Å². The Morgan fingerprint density at radius 2 is 2.11 bits per heavy atom. The number of rotatable bonds is 8. The first-order valence-corrected chi connectivity index (χ1v) is 9.66. The normalized spacial score (nSPS) is 21.1. The predicted octanol–water partition coefficient (Wildman–Crippen LogP) is 2.22. The average molecular weight is 392 g/mol. The lowest BCUT2D eigenvalue weighted by Crippen LogP contribution is -2.58. The number of aliphatic hydroxyl groups is 1. The monoisotopic (exact) mass is 392 g/mol. The fraction of sp³-hybridized carbons (Fsp3) is 0.444. The zero-order valence-corrected chi connectivity index (χ0v) is 15.6. The number of hydrogen-bond donors (Lipinski definition) is 1. The van der Waals surface area contributed by atoms with Crippen LogP contribution in [0.4, 0.5) is 5.69 Å². The van der Waals surface area contributed by atoms with E-state index in [0.29, 0.717) is 17.7 Å². The van der Waals surface area contributed by atoms with Gasteiger partial charge in [-0.2, -0.15) is 0 Å². The van der Waals surface area contributed by atoms with E-state index in [0.717, 1.165) is 11.3 Å². The molecule has 8 nitrogen and oxygen atoms in total. The third kappa shape index (κ3) is 3.70. The maximum atomic E-state index is 12.6. The Morgan fingerprint density at radius 3 is 2.70 bits per heavy atom. The van der Waals surface area contributed by atoms with Crippen LogP contribution in [0.25, 0.3) is 0 Å². The first-order chi connectivity index (χ1) is 13.0. The fourth-order valence-corrected chi connectivity index (χ4v) is 4.37. The van der Waals surface area contributed by atoms with Crippen molar-refractivity contribution in [3.05, 3.63) is 50.5 Å². The number of non-ortho nitro benzene ring substituents is 1. The van der Waals surface area contributed by atoms with E-state index in [4.69, 9.17) is 9.84 Å². The molecule has 2 aliphatic rings. The molecule has 1 saturated heterocycles. The van der Waals surface area contributed by atoms with Crippen LogP contribution in [0.1, 0.15) is 25.3 Å². The average Bonchev–Trinajstić information content (AvgIpc) is 3.00. The van der Waals surface area contributed by atoms with Gasteiger partial charge in [0.15, 0.2) is 0 Å². The second-order valence-electron chi connectivity index (χ2n) is 6.34. The highest BCUT2D eigenvalue weighted by Gasteiger charge is 2.54. The number of β-lactam (4-membered cyclic amide) rings is 1. The summed E-state index contributed by atoms with van der Waals surface area (Å²) in [6.45, 7) is 1.89. The zero-order valence-electron chi connectivity index (χ0n) is 14.8. The van der Waals surface area contributed by atoms with Gasteiger partial charge in [0.25, 0.3) is 5.69 Å². The molecule has 3 rings (SSSR count). The lowest BCUT2D eigenvalue weighted by atomic mass is 9.85. The Bertz CT molecular complexity index is 792. The molecule has 27 heavy (non-hydrogen) atoms. The molecule has 0 saturated carbocycles. The lowest BCUT2D eigenvalue weighted by Gasteiger charge is -2.43. The molecule has 0 bridgehead atoms. The number of benzene rings is 1. The number of fused-ring (bicyclic) bond motifs is 1. The fourth-order valence-electron chi connectivity index (χ4n) is 3.42. The van der Waals surface area contributed by atoms with E-state index in [-0.39, 0.29) is 42.5 Å². The number of carbonyl (C=O) groups excluding carboxylic acids is 2. The molecule has 9 heteroatoms. The van der Waals surface area contributed by atoms with Crippen molar-refractivity contribution < 1.29 is 24.4 Å². The van der Waals surface area contributed by atoms with Crippen molar-refractivity contribution in [2.24, 2.45) is 5.92 Å². The Hall–Kier alpha value is -2.39. The van der Waals surface area contributed by atoms with Gasteiger partial charge in [-0.15, -0.1) is 11.8 Å². The number of esters is 1. The van der Waals surface area contributed by atoms with Gasteiger partial charge in [0.1, 0.15) is 12.3 Å². The minimum absolute atomic E-state index is 0.00869. The summed E-state index contributed by atoms with van der Waals surface area (Å²) < 4.78 is 5.36. The summed E-state index contributed by atoms with van der Waals surface area (Å²) in [4.78, 5) is 37.5. The van der Waals surface area contributed by atoms with Gasteiger partial charge in [-0.05, 0) is 24.1 Å². The van der Waals surface area contributed by atoms with Gasteiger partial charge >= 0.3 is 5.97 Å². The first kappa shape index (κ1) is 19.4. The highest BCUT2D eigenvalue weighted by molar-refractivity contribution is 8.03. The molecule has 1 N–H and O–H groups in total. The smallest absolute Gasteiger partial charge is 0.356 e. The van der Waals surface area contributed by atoms with Crippen LogP contribution in [0.15, 0.2) is 34.9 Å². The van der Waals surface area contributed by atoms with Crippen molar-refractivity contribution in [3.63, 3.8) is 0 Å². The first-order valence-electron chi connectivity index (χ1n) is 8.68. The summed E-state index contributed by atoms with van der Waals surface area (Å²) in [5.41, 5.74) is 0.857. The van der Waals surface area contributed by atoms with Gasteiger partial charge < -0.3 is 14.7 Å². The topological polar surface area (TPSA) is 110 Å². The van der Waals surface area contributed by atoms with Crippen LogP contribution in [-0.4, -0.2) is 45.2 Å². The lowest BCUT2D eigenvalue weighted by molar-refractivity contribution is -0.384. The number of hydrogen-bond acceptors (Lipinski definition) is 7. The third-order valence-corrected chi connectivity index (χ3v) is 5.86. The van der Waals surface area contributed by atoms with E-state index in [2.05, 4.69) is 0 Å². The number of nitro groups is 1. The molecule has 2 unspecified atom stereocenters. The highest BCUT2D eigenvalue weighted by atomic mass is 32.2. The van der Waals surface area contributed by atoms with Crippen molar-refractivity contribution >= 4 is 29.3 Å². The van der Waals surface area contributed by atoms with Crippen LogP contribution < -0.4 is 0 Å². The Balaban J connectivity index is 1.70. The molecule has 2 aliphatic heterocycles. The summed E-state index contributed by atoms with van der Waals surface area (Å²) >= 11 is 1.37. The molecule has 0 spiro atoms. The summed E-state index contributed by atoms with van der Waals surface area (Å²) in [6.07, 6.45) is 1.33. The second kappa shape index (κ2) is 8.10. The molecule has 1 fully saturated rings. The van der Waals surface area contributed by atoms with Crippen LogP contribution >= 0.6 is 11.8 Å². The molecule has 0 aliphatic carbocycles. The minimum atomic E-state index is -0.584. The van der Waals surface area contributed by atoms with Crippen LogP contribution in [0, 0.1) is 16.0 Å². The van der Waals surface area contributed by atoms with Crippen molar-refractivity contribution in [1.29, 1.82) is 0 Å². The third-order valence-electron chi connectivity index (χ3n) is 4.77. The van der Waals surface area contributed by atoms with Gasteiger partial charge in [0, 0.05) is 29.2 Å². The number of nitro benzene ring substituents is 1. The van der Waals surface area contributed by atoms with E-state index in [1.165, 1.54) is 40.9 Å². The highest BCUT2D eigenvalue weighted by Crippen LogP contribution is 2.47. The summed E-state index contributed by atoms with van der Waals surface area (Å²) in [7, 11) is 0. The van der Waals surface area contributed by atoms with Gasteiger partial charge in [-0.1, -0.05) is 6.92 Å². The van der Waals surface area contributed by atoms with Gasteiger partial charge in [-0.3, -0.25) is 14.9 Å². The molecule has 1 amide bonds. The van der Waals surface area contributed by atoms with Crippen molar-refractivity contribution in [3.8, 4) is 0 Å². The van der Waals surface area contributed by atoms with Crippen molar-refractivity contribution in [2.45, 2.75) is 32.4 Å². The Morgan fingerprint density at radius 1 is 1.41 bits per heavy atom. The number of ether oxygens (including phenoxy) is 1. The van der Waals surface area contributed by atoms with E-state index in [9.17, 15) is 19.7 Å². The zero-order chi connectivity index (χ0) is 19.6. The number of carbonyl (C=O) groups is 2. The minimum Gasteiger partial charge on any atom is -0.456 e. The number of thioether (sulfide) groups is 1. The van der Waals surface area contributed by atoms with Crippen LogP contribution in [-0.2, 0) is 20.9 Å². The number of amides is 1. The Labute approximate surface area is 160 Å². The largest absolute Gasteiger partial charge is 0.456 e. The molecule has 0 aromatic heterocycles. The molecular weight excluding hydrogens is 372 g/mol. The van der Waals surface area contributed by atoms with Gasteiger partial charge in [-0.25, -0.2) is 4.79 Å². The van der Waals surface area contributed by atoms with E-state index in [1.807, 2.05) is 6.92 Å². The molecule has 1 aromatic carbocycles. The summed E-state index contributed by atoms with van der Waals surface area (Å²) in [6, 6.07) is 5.75. The second-order valence-corrected chi connectivity index (χ2v) is 7.53. The standard InChI is InChI=1S/C18H20N2O6S/c1-2-13-14-9-15(27-8-7-21)16(19(14)17(13)22)18(23)26-10-11-3-5-12(6-4-11)20(24)25/h3-6,13-14,21H,2,7-10H2,1H3. The maximum Gasteiger partial charge on any atom is 0.356 e. The number of nitrogens with zero attached hydrogens (tertiary/aromatic N) is 2. The van der Waals surface area contributed by atoms with Crippen LogP contribution in [0.5, 0.6) is 0 Å². The molecule has 1 aromatic rings. The molecule has 2 heterocycles. The van der Waals surface area contributed by atoms with Crippen molar-refractivity contribution in [2.75, 3.05) is 12.4 Å². The Kier molecular flexibility index (Phi) is 5.81. The van der Waals surface area contributed by atoms with E-state index < -0.39 is 10.9 Å². The molecular formula is C18H20N2O6S. The van der Waals surface area contributed by atoms with E-state index >= 15 is 0 Å². The molecule has 0 radical (unpaired) electrons. The SMILES string of the molecule is CCC1C(=O)N2C(C(=O)OCc3ccc([N+](=O)[O-])cc3)=C(SCCO)CC12. The molecule has 2 atom stereocenters.